The molecule has 2 bridgehead atoms. The molecule has 2 N–H and O–H groups in total. The molecule has 1 amide bonds. The molecule has 11 heteroatoms. The Morgan fingerprint density at radius 1 is 1.16 bits per heavy atom. The quantitative estimate of drug-likeness (QED) is 0.671. The molecule has 2 saturated heterocycles. The number of aryl methyl sites for hydroxylation is 1. The molecule has 3 heterocycles. The van der Waals surface area contributed by atoms with E-state index in [4.69, 9.17) is 4.74 Å². The fraction of sp³-hybridized carbons (Fsp3) is 0.429. The van der Waals surface area contributed by atoms with Crippen LogP contribution in [0.1, 0.15) is 34.7 Å². The van der Waals surface area contributed by atoms with Gasteiger partial charge in [-0.3, -0.25) is 4.79 Å². The van der Waals surface area contributed by atoms with E-state index in [-0.39, 0.29) is 23.2 Å². The number of nitrogens with zero attached hydrogens (tertiary/aromatic N) is 1. The van der Waals surface area contributed by atoms with Gasteiger partial charge in [-0.15, -0.1) is 0 Å². The summed E-state index contributed by atoms with van der Waals surface area (Å²) in [5.74, 6) is -2.42. The van der Waals surface area contributed by atoms with Gasteiger partial charge in [0.1, 0.15) is 5.69 Å². The largest absolute Gasteiger partial charge is 0.433 e. The van der Waals surface area contributed by atoms with Gasteiger partial charge in [0.2, 0.25) is 5.91 Å². The SMILES string of the molecule is Cc1cc(NC(=O)C2C3CC(O)C(O3)C2c2cccc(C(F)(F)F)c2)cnc1C(F)(F)F. The van der Waals surface area contributed by atoms with Crippen LogP contribution in [0.25, 0.3) is 0 Å². The number of rotatable bonds is 3. The third-order valence-electron chi connectivity index (χ3n) is 5.84. The van der Waals surface area contributed by atoms with Gasteiger partial charge in [0.15, 0.2) is 0 Å². The summed E-state index contributed by atoms with van der Waals surface area (Å²) in [7, 11) is 0. The van der Waals surface area contributed by atoms with Crippen molar-refractivity contribution in [3.63, 3.8) is 0 Å². The molecule has 172 valence electrons. The average Bonchev–Trinajstić information content (AvgIpc) is 3.23. The standard InChI is InChI=1S/C21H18F6N2O3/c1-9-5-12(8-28-18(9)21(25,26)27)29-19(31)16-14-7-13(30)17(32-14)15(16)10-3-2-4-11(6-10)20(22,23)24/h2-6,8,13-17,30H,7H2,1H3,(H,29,31). The Kier molecular flexibility index (Phi) is 5.44. The lowest BCUT2D eigenvalue weighted by molar-refractivity contribution is -0.141. The van der Waals surface area contributed by atoms with E-state index in [1.54, 1.807) is 0 Å². The first-order valence-corrected chi connectivity index (χ1v) is 9.71. The van der Waals surface area contributed by atoms with Crippen molar-refractivity contribution >= 4 is 11.6 Å². The van der Waals surface area contributed by atoms with Crippen molar-refractivity contribution in [2.45, 2.75) is 49.9 Å². The topological polar surface area (TPSA) is 71.5 Å². The Morgan fingerprint density at radius 2 is 1.88 bits per heavy atom. The number of aliphatic hydroxyl groups excluding tert-OH is 1. The van der Waals surface area contributed by atoms with Crippen LogP contribution in [0.15, 0.2) is 36.5 Å². The van der Waals surface area contributed by atoms with Crippen LogP contribution in [-0.2, 0) is 21.9 Å². The number of nitrogens with one attached hydrogen (secondary N) is 1. The Labute approximate surface area is 178 Å². The van der Waals surface area contributed by atoms with Gasteiger partial charge in [-0.05, 0) is 30.2 Å². The highest BCUT2D eigenvalue weighted by atomic mass is 19.4. The molecule has 1 aromatic carbocycles. The second kappa shape index (κ2) is 7.73. The van der Waals surface area contributed by atoms with Crippen LogP contribution in [0.4, 0.5) is 32.0 Å². The highest BCUT2D eigenvalue weighted by molar-refractivity contribution is 5.94. The Morgan fingerprint density at radius 3 is 2.50 bits per heavy atom. The van der Waals surface area contributed by atoms with Crippen molar-refractivity contribution in [2.75, 3.05) is 5.32 Å². The minimum Gasteiger partial charge on any atom is -0.390 e. The Balaban J connectivity index is 1.62. The zero-order valence-corrected chi connectivity index (χ0v) is 16.5. The van der Waals surface area contributed by atoms with Crippen LogP contribution in [0.5, 0.6) is 0 Å². The predicted octanol–water partition coefficient (Wildman–Crippen LogP) is 4.30. The first-order chi connectivity index (χ1) is 14.9. The van der Waals surface area contributed by atoms with Crippen molar-refractivity contribution in [3.8, 4) is 0 Å². The zero-order valence-electron chi connectivity index (χ0n) is 16.5. The number of halogens is 6. The van der Waals surface area contributed by atoms with Gasteiger partial charge in [-0.25, -0.2) is 4.98 Å². The summed E-state index contributed by atoms with van der Waals surface area (Å²) < 4.78 is 83.9. The smallest absolute Gasteiger partial charge is 0.390 e. The van der Waals surface area contributed by atoms with E-state index in [1.165, 1.54) is 19.1 Å². The van der Waals surface area contributed by atoms with E-state index < -0.39 is 59.7 Å². The molecule has 5 atom stereocenters. The molecule has 2 aromatic rings. The van der Waals surface area contributed by atoms with Gasteiger partial charge >= 0.3 is 12.4 Å². The predicted molar refractivity (Wildman–Crippen MR) is 99.6 cm³/mol. The summed E-state index contributed by atoms with van der Waals surface area (Å²) in [5.41, 5.74) is -1.96. The number of benzene rings is 1. The lowest BCUT2D eigenvalue weighted by Crippen LogP contribution is -2.41. The van der Waals surface area contributed by atoms with Crippen molar-refractivity contribution in [1.82, 2.24) is 4.98 Å². The number of carbonyl (C=O) groups is 1. The number of amides is 1. The summed E-state index contributed by atoms with van der Waals surface area (Å²) in [4.78, 5) is 16.4. The van der Waals surface area contributed by atoms with Crippen LogP contribution < -0.4 is 5.32 Å². The molecule has 2 aliphatic rings. The number of hydrogen-bond donors (Lipinski definition) is 2. The fourth-order valence-corrected chi connectivity index (χ4v) is 4.53. The molecule has 2 fully saturated rings. The van der Waals surface area contributed by atoms with Gasteiger partial charge in [0.05, 0.1) is 41.7 Å². The number of alkyl halides is 6. The molecule has 4 rings (SSSR count). The molecular weight excluding hydrogens is 442 g/mol. The average molecular weight is 460 g/mol. The van der Waals surface area contributed by atoms with Gasteiger partial charge in [-0.2, -0.15) is 26.3 Å². The van der Waals surface area contributed by atoms with Gasteiger partial charge in [0, 0.05) is 12.3 Å². The normalized spacial score (nSPS) is 27.6. The molecule has 2 aliphatic heterocycles. The highest BCUT2D eigenvalue weighted by Crippen LogP contribution is 2.50. The van der Waals surface area contributed by atoms with Crippen molar-refractivity contribution in [1.29, 1.82) is 0 Å². The van der Waals surface area contributed by atoms with Crippen LogP contribution in [0.3, 0.4) is 0 Å². The third-order valence-corrected chi connectivity index (χ3v) is 5.84. The first kappa shape index (κ1) is 22.5. The van der Waals surface area contributed by atoms with Crippen LogP contribution in [-0.4, -0.2) is 34.3 Å². The highest BCUT2D eigenvalue weighted by Gasteiger charge is 2.57. The summed E-state index contributed by atoms with van der Waals surface area (Å²) >= 11 is 0. The molecular formula is C21H18F6N2O3. The fourth-order valence-electron chi connectivity index (χ4n) is 4.53. The van der Waals surface area contributed by atoms with E-state index in [2.05, 4.69) is 10.3 Å². The number of fused-ring (bicyclic) bond motifs is 2. The second-order valence-electron chi connectivity index (χ2n) is 7.99. The zero-order chi connectivity index (χ0) is 23.4. The van der Waals surface area contributed by atoms with Gasteiger partial charge in [0.25, 0.3) is 0 Å². The van der Waals surface area contributed by atoms with Crippen molar-refractivity contribution in [3.05, 3.63) is 58.9 Å². The number of anilines is 1. The summed E-state index contributed by atoms with van der Waals surface area (Å²) in [5, 5.41) is 12.7. The Bertz CT molecular complexity index is 1040. The number of aliphatic hydroxyl groups is 1. The van der Waals surface area contributed by atoms with Crippen LogP contribution in [0.2, 0.25) is 0 Å². The lowest BCUT2D eigenvalue weighted by Gasteiger charge is -2.30. The monoisotopic (exact) mass is 460 g/mol. The van der Waals surface area contributed by atoms with Crippen LogP contribution >= 0.6 is 0 Å². The molecule has 32 heavy (non-hydrogen) atoms. The maximum Gasteiger partial charge on any atom is 0.433 e. The second-order valence-corrected chi connectivity index (χ2v) is 7.99. The molecule has 1 aromatic heterocycles. The van der Waals surface area contributed by atoms with Gasteiger partial charge < -0.3 is 15.2 Å². The molecule has 0 aliphatic carbocycles. The van der Waals surface area contributed by atoms with E-state index >= 15 is 0 Å². The number of hydrogen-bond acceptors (Lipinski definition) is 4. The summed E-state index contributed by atoms with van der Waals surface area (Å²) in [6, 6.07) is 5.59. The molecule has 5 unspecified atom stereocenters. The number of carbonyl (C=O) groups excluding carboxylic acids is 1. The van der Waals surface area contributed by atoms with Crippen molar-refractivity contribution < 1.29 is 41.0 Å². The Hall–Kier alpha value is -2.66. The molecule has 5 nitrogen and oxygen atoms in total. The van der Waals surface area contributed by atoms with E-state index in [9.17, 15) is 36.2 Å². The van der Waals surface area contributed by atoms with Crippen molar-refractivity contribution in [2.24, 2.45) is 5.92 Å². The number of ether oxygens (including phenoxy) is 1. The lowest BCUT2D eigenvalue weighted by atomic mass is 9.73. The van der Waals surface area contributed by atoms with Gasteiger partial charge in [-0.1, -0.05) is 18.2 Å². The minimum atomic E-state index is -4.64. The summed E-state index contributed by atoms with van der Waals surface area (Å²) in [6.45, 7) is 1.20. The van der Waals surface area contributed by atoms with E-state index in [1.807, 2.05) is 0 Å². The maximum absolute atomic E-state index is 13.2. The minimum absolute atomic E-state index is 0.0200. The summed E-state index contributed by atoms with van der Waals surface area (Å²) in [6.07, 6.45) is -10.8. The van der Waals surface area contributed by atoms with Crippen LogP contribution in [0, 0.1) is 12.8 Å². The molecule has 0 saturated carbocycles. The first-order valence-electron chi connectivity index (χ1n) is 9.71. The third kappa shape index (κ3) is 4.06. The number of pyridine rings is 1. The molecule has 0 radical (unpaired) electrons. The van der Waals surface area contributed by atoms with E-state index in [0.717, 1.165) is 24.4 Å². The maximum atomic E-state index is 13.2. The molecule has 0 spiro atoms. The number of aromatic nitrogens is 1. The van der Waals surface area contributed by atoms with E-state index in [0.29, 0.717) is 0 Å².